The van der Waals surface area contributed by atoms with E-state index in [0.29, 0.717) is 10.0 Å². The molecule has 0 saturated heterocycles. The van der Waals surface area contributed by atoms with Crippen LogP contribution in [0.2, 0.25) is 10.0 Å². The molecule has 0 unspecified atom stereocenters. The first kappa shape index (κ1) is 14.5. The molecule has 2 nitrogen and oxygen atoms in total. The van der Waals surface area contributed by atoms with Crippen molar-refractivity contribution in [2.24, 2.45) is 0 Å². The van der Waals surface area contributed by atoms with E-state index in [1.165, 1.54) is 11.3 Å². The minimum absolute atomic E-state index is 0.00238. The number of aromatic nitrogens is 1. The number of hydrogen-bond acceptors (Lipinski definition) is 3. The molecule has 0 atom stereocenters. The summed E-state index contributed by atoms with van der Waals surface area (Å²) in [5, 5.41) is 11.1. The molecule has 0 fully saturated rings. The number of thiazole rings is 1. The fourth-order valence-corrected chi connectivity index (χ4v) is 3.75. The highest BCUT2D eigenvalue weighted by Gasteiger charge is 2.12. The van der Waals surface area contributed by atoms with Gasteiger partial charge in [-0.1, -0.05) is 48.0 Å². The molecule has 3 aromatic rings. The van der Waals surface area contributed by atoms with Crippen LogP contribution in [-0.2, 0) is 6.61 Å². The van der Waals surface area contributed by atoms with E-state index in [4.69, 9.17) is 23.2 Å². The summed E-state index contributed by atoms with van der Waals surface area (Å²) in [6.07, 6.45) is 0. The summed E-state index contributed by atoms with van der Waals surface area (Å²) < 4.78 is 0.932. The monoisotopic (exact) mass is 335 g/mol. The van der Waals surface area contributed by atoms with Gasteiger partial charge in [0.15, 0.2) is 0 Å². The Morgan fingerprint density at radius 3 is 2.81 bits per heavy atom. The zero-order valence-electron chi connectivity index (χ0n) is 10.9. The van der Waals surface area contributed by atoms with Gasteiger partial charge in [-0.05, 0) is 29.3 Å². The molecule has 1 heterocycles. The van der Waals surface area contributed by atoms with Gasteiger partial charge in [-0.3, -0.25) is 0 Å². The van der Waals surface area contributed by atoms with Crippen molar-refractivity contribution in [3.63, 3.8) is 0 Å². The number of rotatable bonds is 3. The predicted octanol–water partition coefficient (Wildman–Crippen LogP) is 5.16. The van der Waals surface area contributed by atoms with Crippen molar-refractivity contribution in [2.75, 3.05) is 0 Å². The van der Waals surface area contributed by atoms with Gasteiger partial charge in [-0.2, -0.15) is 0 Å². The molecule has 0 saturated carbocycles. The SMILES string of the molecule is C=C(c1cccc(CO)c1)c1nc2c(Cl)cc(Cl)cc2s1. The van der Waals surface area contributed by atoms with Gasteiger partial charge in [0.2, 0.25) is 0 Å². The summed E-state index contributed by atoms with van der Waals surface area (Å²) in [6, 6.07) is 11.1. The summed E-state index contributed by atoms with van der Waals surface area (Å²) in [5.41, 5.74) is 3.32. The first-order chi connectivity index (χ1) is 10.1. The molecule has 0 aliphatic rings. The fourth-order valence-electron chi connectivity index (χ4n) is 2.07. The minimum atomic E-state index is 0.00238. The van der Waals surface area contributed by atoms with E-state index < -0.39 is 0 Å². The van der Waals surface area contributed by atoms with Crippen molar-refractivity contribution >= 4 is 50.3 Å². The Balaban J connectivity index is 2.07. The Kier molecular flexibility index (Phi) is 4.00. The summed E-state index contributed by atoms with van der Waals surface area (Å²) in [7, 11) is 0. The van der Waals surface area contributed by atoms with Crippen LogP contribution in [0.5, 0.6) is 0 Å². The third-order valence-electron chi connectivity index (χ3n) is 3.13. The lowest BCUT2D eigenvalue weighted by molar-refractivity contribution is 0.282. The largest absolute Gasteiger partial charge is 0.392 e. The average molecular weight is 336 g/mol. The molecule has 1 aromatic heterocycles. The van der Waals surface area contributed by atoms with Crippen LogP contribution in [0, 0.1) is 0 Å². The summed E-state index contributed by atoms with van der Waals surface area (Å²) >= 11 is 13.7. The Morgan fingerprint density at radius 2 is 2.05 bits per heavy atom. The van der Waals surface area contributed by atoms with Gasteiger partial charge < -0.3 is 5.11 Å². The molecule has 0 aliphatic heterocycles. The molecule has 0 aliphatic carbocycles. The number of aliphatic hydroxyl groups excluding tert-OH is 1. The Bertz CT molecular complexity index is 841. The number of aliphatic hydroxyl groups is 1. The van der Waals surface area contributed by atoms with Crippen LogP contribution < -0.4 is 0 Å². The Morgan fingerprint density at radius 1 is 1.24 bits per heavy atom. The topological polar surface area (TPSA) is 33.1 Å². The quantitative estimate of drug-likeness (QED) is 0.717. The summed E-state index contributed by atoms with van der Waals surface area (Å²) in [5.74, 6) is 0. The summed E-state index contributed by atoms with van der Waals surface area (Å²) in [4.78, 5) is 4.55. The molecule has 21 heavy (non-hydrogen) atoms. The van der Waals surface area contributed by atoms with Crippen molar-refractivity contribution in [1.82, 2.24) is 4.98 Å². The lowest BCUT2D eigenvalue weighted by Gasteiger charge is -2.04. The van der Waals surface area contributed by atoms with Crippen LogP contribution in [0.4, 0.5) is 0 Å². The number of hydrogen-bond donors (Lipinski definition) is 1. The number of nitrogens with zero attached hydrogens (tertiary/aromatic N) is 1. The third kappa shape index (κ3) is 2.83. The van der Waals surface area contributed by atoms with Gasteiger partial charge >= 0.3 is 0 Å². The number of halogens is 2. The van der Waals surface area contributed by atoms with E-state index in [9.17, 15) is 5.11 Å². The fraction of sp³-hybridized carbons (Fsp3) is 0.0625. The first-order valence-electron chi connectivity index (χ1n) is 6.23. The highest BCUT2D eigenvalue weighted by molar-refractivity contribution is 7.19. The van der Waals surface area contributed by atoms with Crippen LogP contribution in [0.15, 0.2) is 43.0 Å². The minimum Gasteiger partial charge on any atom is -0.392 e. The maximum atomic E-state index is 9.22. The van der Waals surface area contributed by atoms with E-state index in [1.807, 2.05) is 30.3 Å². The van der Waals surface area contributed by atoms with Crippen LogP contribution in [0.3, 0.4) is 0 Å². The molecule has 3 rings (SSSR count). The molecule has 2 aromatic carbocycles. The van der Waals surface area contributed by atoms with Crippen molar-refractivity contribution < 1.29 is 5.11 Å². The Labute approximate surface area is 136 Å². The van der Waals surface area contributed by atoms with E-state index in [-0.39, 0.29) is 6.61 Å². The van der Waals surface area contributed by atoms with Crippen LogP contribution in [-0.4, -0.2) is 10.1 Å². The molecule has 0 bridgehead atoms. The molecule has 106 valence electrons. The van der Waals surface area contributed by atoms with Crippen molar-refractivity contribution in [3.05, 3.63) is 69.2 Å². The van der Waals surface area contributed by atoms with Gasteiger partial charge in [0.05, 0.1) is 16.3 Å². The van der Waals surface area contributed by atoms with Gasteiger partial charge in [0.25, 0.3) is 0 Å². The lowest BCUT2D eigenvalue weighted by Crippen LogP contribution is -1.88. The average Bonchev–Trinajstić information content (AvgIpc) is 2.90. The van der Waals surface area contributed by atoms with Gasteiger partial charge in [-0.25, -0.2) is 4.98 Å². The standard InChI is InChI=1S/C16H11Cl2NOS/c1-9(11-4-2-3-10(5-11)8-20)16-19-15-13(18)6-12(17)7-14(15)21-16/h2-7,20H,1,8H2. The van der Waals surface area contributed by atoms with E-state index in [1.54, 1.807) is 6.07 Å². The zero-order chi connectivity index (χ0) is 15.0. The lowest BCUT2D eigenvalue weighted by atomic mass is 10.1. The Hall–Kier alpha value is -1.39. The first-order valence-corrected chi connectivity index (χ1v) is 7.81. The van der Waals surface area contributed by atoms with Crippen LogP contribution in [0.1, 0.15) is 16.1 Å². The maximum absolute atomic E-state index is 9.22. The number of fused-ring (bicyclic) bond motifs is 1. The second-order valence-electron chi connectivity index (χ2n) is 4.59. The molecule has 5 heteroatoms. The molecule has 1 N–H and O–H groups in total. The maximum Gasteiger partial charge on any atom is 0.124 e. The van der Waals surface area contributed by atoms with Crippen LogP contribution in [0.25, 0.3) is 15.8 Å². The van der Waals surface area contributed by atoms with Gasteiger partial charge in [-0.15, -0.1) is 11.3 Å². The zero-order valence-corrected chi connectivity index (χ0v) is 13.3. The second kappa shape index (κ2) is 5.78. The van der Waals surface area contributed by atoms with Crippen LogP contribution >= 0.6 is 34.5 Å². The van der Waals surface area contributed by atoms with E-state index in [2.05, 4.69) is 11.6 Å². The predicted molar refractivity (Wildman–Crippen MR) is 90.1 cm³/mol. The summed E-state index contributed by atoms with van der Waals surface area (Å²) in [6.45, 7) is 4.11. The normalized spacial score (nSPS) is 11.0. The molecule has 0 amide bonds. The number of benzene rings is 2. The highest BCUT2D eigenvalue weighted by Crippen LogP contribution is 2.35. The molecule has 0 spiro atoms. The third-order valence-corrected chi connectivity index (χ3v) is 4.70. The smallest absolute Gasteiger partial charge is 0.124 e. The van der Waals surface area contributed by atoms with Gasteiger partial charge in [0, 0.05) is 10.6 Å². The van der Waals surface area contributed by atoms with Crippen molar-refractivity contribution in [2.45, 2.75) is 6.61 Å². The molecular formula is C16H11Cl2NOS. The van der Waals surface area contributed by atoms with E-state index >= 15 is 0 Å². The molecule has 0 radical (unpaired) electrons. The van der Waals surface area contributed by atoms with Crippen molar-refractivity contribution in [3.8, 4) is 0 Å². The van der Waals surface area contributed by atoms with Crippen molar-refractivity contribution in [1.29, 1.82) is 0 Å². The van der Waals surface area contributed by atoms with E-state index in [0.717, 1.165) is 31.9 Å². The molecular weight excluding hydrogens is 325 g/mol. The second-order valence-corrected chi connectivity index (χ2v) is 6.46. The van der Waals surface area contributed by atoms with Gasteiger partial charge in [0.1, 0.15) is 10.5 Å². The highest BCUT2D eigenvalue weighted by atomic mass is 35.5.